The molecule has 0 aromatic carbocycles. The van der Waals surface area contributed by atoms with Crippen molar-refractivity contribution >= 4 is 11.9 Å². The normalized spacial score (nSPS) is 23.8. The molecule has 5 nitrogen and oxygen atoms in total. The Morgan fingerprint density at radius 2 is 2.00 bits per heavy atom. The average molecular weight is 284 g/mol. The van der Waals surface area contributed by atoms with Gasteiger partial charge in [0.25, 0.3) is 0 Å². The number of hydrogen-bond acceptors (Lipinski definition) is 3. The Kier molecular flexibility index (Phi) is 6.99. The summed E-state index contributed by atoms with van der Waals surface area (Å²) in [6.07, 6.45) is 4.55. The van der Waals surface area contributed by atoms with Gasteiger partial charge >= 0.3 is 5.97 Å². The molecular weight excluding hydrogens is 256 g/mol. The molecule has 3 unspecified atom stereocenters. The molecule has 1 aliphatic carbocycles. The van der Waals surface area contributed by atoms with Crippen molar-refractivity contribution in [2.45, 2.75) is 58.4 Å². The second kappa shape index (κ2) is 8.25. The van der Waals surface area contributed by atoms with E-state index in [1.165, 1.54) is 0 Å². The standard InChI is InChI=1S/C15H28N2O3/c1-10(2)11(8-9-16)6-7-14(18)17-13-5-3-4-12(13)15(19)20/h10-13H,3-9,16H2,1-2H3,(H,17,18)(H,19,20). The molecule has 0 spiro atoms. The third-order valence-corrected chi connectivity index (χ3v) is 4.40. The van der Waals surface area contributed by atoms with Crippen LogP contribution in [0.2, 0.25) is 0 Å². The number of carboxylic acid groups (broad SMARTS) is 1. The van der Waals surface area contributed by atoms with Crippen LogP contribution >= 0.6 is 0 Å². The van der Waals surface area contributed by atoms with E-state index in [1.54, 1.807) is 0 Å². The van der Waals surface area contributed by atoms with Crippen LogP contribution in [0.3, 0.4) is 0 Å². The first-order valence-electron chi connectivity index (χ1n) is 7.68. The zero-order chi connectivity index (χ0) is 15.1. The monoisotopic (exact) mass is 284 g/mol. The molecule has 0 saturated heterocycles. The highest BCUT2D eigenvalue weighted by atomic mass is 16.4. The summed E-state index contributed by atoms with van der Waals surface area (Å²) >= 11 is 0. The predicted molar refractivity (Wildman–Crippen MR) is 78.1 cm³/mol. The van der Waals surface area contributed by atoms with E-state index in [2.05, 4.69) is 19.2 Å². The third-order valence-electron chi connectivity index (χ3n) is 4.40. The summed E-state index contributed by atoms with van der Waals surface area (Å²) in [6, 6.07) is -0.188. The number of aliphatic carboxylic acids is 1. The molecule has 0 aromatic rings. The third kappa shape index (κ3) is 5.12. The van der Waals surface area contributed by atoms with Crippen LogP contribution in [0.15, 0.2) is 0 Å². The highest BCUT2D eigenvalue weighted by Crippen LogP contribution is 2.26. The first kappa shape index (κ1) is 17.0. The molecule has 116 valence electrons. The number of nitrogens with one attached hydrogen (secondary N) is 1. The average Bonchev–Trinajstić information content (AvgIpc) is 2.82. The van der Waals surface area contributed by atoms with Gasteiger partial charge in [-0.15, -0.1) is 0 Å². The molecule has 0 aliphatic heterocycles. The van der Waals surface area contributed by atoms with Gasteiger partial charge in [0, 0.05) is 12.5 Å². The van der Waals surface area contributed by atoms with Crippen molar-refractivity contribution in [2.75, 3.05) is 6.54 Å². The van der Waals surface area contributed by atoms with Crippen molar-refractivity contribution in [3.05, 3.63) is 0 Å². The molecule has 1 saturated carbocycles. The molecular formula is C15H28N2O3. The fourth-order valence-corrected chi connectivity index (χ4v) is 3.05. The minimum absolute atomic E-state index is 0.0224. The van der Waals surface area contributed by atoms with E-state index >= 15 is 0 Å². The molecule has 1 fully saturated rings. The molecule has 5 heteroatoms. The van der Waals surface area contributed by atoms with E-state index < -0.39 is 11.9 Å². The Balaban J connectivity index is 2.37. The van der Waals surface area contributed by atoms with Gasteiger partial charge in [-0.2, -0.15) is 0 Å². The summed E-state index contributed by atoms with van der Waals surface area (Å²) in [7, 11) is 0. The fourth-order valence-electron chi connectivity index (χ4n) is 3.05. The van der Waals surface area contributed by atoms with E-state index in [4.69, 9.17) is 10.8 Å². The first-order chi connectivity index (χ1) is 9.45. The Morgan fingerprint density at radius 3 is 2.55 bits per heavy atom. The van der Waals surface area contributed by atoms with Crippen LogP contribution in [0.4, 0.5) is 0 Å². The van der Waals surface area contributed by atoms with Crippen LogP contribution in [-0.4, -0.2) is 29.6 Å². The summed E-state index contributed by atoms with van der Waals surface area (Å²) in [5, 5.41) is 12.0. The van der Waals surface area contributed by atoms with Gasteiger partial charge in [0.15, 0.2) is 0 Å². The summed E-state index contributed by atoms with van der Waals surface area (Å²) in [5.41, 5.74) is 5.59. The van der Waals surface area contributed by atoms with Gasteiger partial charge in [0.1, 0.15) is 0 Å². The van der Waals surface area contributed by atoms with Gasteiger partial charge in [0.2, 0.25) is 5.91 Å². The second-order valence-corrected chi connectivity index (χ2v) is 6.17. The van der Waals surface area contributed by atoms with Gasteiger partial charge in [-0.3, -0.25) is 9.59 Å². The van der Waals surface area contributed by atoms with Gasteiger partial charge in [0.05, 0.1) is 5.92 Å². The van der Waals surface area contributed by atoms with Crippen LogP contribution in [0.1, 0.15) is 52.4 Å². The summed E-state index contributed by atoms with van der Waals surface area (Å²) in [6.45, 7) is 4.94. The number of hydrogen-bond donors (Lipinski definition) is 3. The minimum Gasteiger partial charge on any atom is -0.481 e. The Hall–Kier alpha value is -1.10. The maximum atomic E-state index is 12.0. The van der Waals surface area contributed by atoms with Crippen LogP contribution in [0.25, 0.3) is 0 Å². The number of carbonyl (C=O) groups is 2. The van der Waals surface area contributed by atoms with Crippen molar-refractivity contribution < 1.29 is 14.7 Å². The maximum Gasteiger partial charge on any atom is 0.308 e. The summed E-state index contributed by atoms with van der Waals surface area (Å²) in [4.78, 5) is 23.0. The minimum atomic E-state index is -0.795. The van der Waals surface area contributed by atoms with Crippen LogP contribution in [0.5, 0.6) is 0 Å². The largest absolute Gasteiger partial charge is 0.481 e. The molecule has 4 N–H and O–H groups in total. The lowest BCUT2D eigenvalue weighted by Crippen LogP contribution is -2.40. The highest BCUT2D eigenvalue weighted by molar-refractivity contribution is 5.78. The molecule has 0 bridgehead atoms. The SMILES string of the molecule is CC(C)C(CCN)CCC(=O)NC1CCCC1C(=O)O. The lowest BCUT2D eigenvalue weighted by molar-refractivity contribution is -0.142. The van der Waals surface area contributed by atoms with Gasteiger partial charge in [-0.1, -0.05) is 20.3 Å². The lowest BCUT2D eigenvalue weighted by atomic mass is 9.88. The first-order valence-corrected chi connectivity index (χ1v) is 7.68. The number of carbonyl (C=O) groups excluding carboxylic acids is 1. The van der Waals surface area contributed by atoms with Crippen molar-refractivity contribution in [3.63, 3.8) is 0 Å². The Bertz CT molecular complexity index is 331. The van der Waals surface area contributed by atoms with Gasteiger partial charge in [-0.25, -0.2) is 0 Å². The molecule has 0 radical (unpaired) electrons. The van der Waals surface area contributed by atoms with E-state index in [0.717, 1.165) is 25.7 Å². The van der Waals surface area contributed by atoms with Gasteiger partial charge < -0.3 is 16.2 Å². The molecule has 3 atom stereocenters. The lowest BCUT2D eigenvalue weighted by Gasteiger charge is -2.21. The second-order valence-electron chi connectivity index (χ2n) is 6.17. The Labute approximate surface area is 121 Å². The van der Waals surface area contributed by atoms with Crippen LogP contribution in [-0.2, 0) is 9.59 Å². The van der Waals surface area contributed by atoms with Crippen LogP contribution < -0.4 is 11.1 Å². The smallest absolute Gasteiger partial charge is 0.308 e. The van der Waals surface area contributed by atoms with E-state index in [9.17, 15) is 9.59 Å². The van der Waals surface area contributed by atoms with Crippen molar-refractivity contribution in [3.8, 4) is 0 Å². The maximum absolute atomic E-state index is 12.0. The molecule has 1 amide bonds. The fraction of sp³-hybridized carbons (Fsp3) is 0.867. The van der Waals surface area contributed by atoms with Crippen LogP contribution in [0, 0.1) is 17.8 Å². The quantitative estimate of drug-likeness (QED) is 0.633. The molecule has 20 heavy (non-hydrogen) atoms. The number of amides is 1. The predicted octanol–water partition coefficient (Wildman–Crippen LogP) is 1.76. The molecule has 1 rings (SSSR count). The van der Waals surface area contributed by atoms with Crippen molar-refractivity contribution in [1.82, 2.24) is 5.32 Å². The number of carboxylic acids is 1. The zero-order valence-corrected chi connectivity index (χ0v) is 12.6. The highest BCUT2D eigenvalue weighted by Gasteiger charge is 2.33. The van der Waals surface area contributed by atoms with E-state index in [0.29, 0.717) is 31.2 Å². The number of rotatable bonds is 8. The van der Waals surface area contributed by atoms with E-state index in [1.807, 2.05) is 0 Å². The summed E-state index contributed by atoms with van der Waals surface area (Å²) < 4.78 is 0. The molecule has 0 heterocycles. The molecule has 1 aliphatic rings. The van der Waals surface area contributed by atoms with Crippen molar-refractivity contribution in [2.24, 2.45) is 23.5 Å². The number of nitrogens with two attached hydrogens (primary N) is 1. The van der Waals surface area contributed by atoms with E-state index in [-0.39, 0.29) is 11.9 Å². The van der Waals surface area contributed by atoms with Gasteiger partial charge in [-0.05, 0) is 44.1 Å². The Morgan fingerprint density at radius 1 is 1.30 bits per heavy atom. The topological polar surface area (TPSA) is 92.4 Å². The van der Waals surface area contributed by atoms with Crippen molar-refractivity contribution in [1.29, 1.82) is 0 Å². The zero-order valence-electron chi connectivity index (χ0n) is 12.6. The summed E-state index contributed by atoms with van der Waals surface area (Å²) in [5.74, 6) is -0.250. The molecule has 0 aromatic heterocycles.